The Labute approximate surface area is 68.0 Å². The smallest absolute Gasteiger partial charge is 0.193 e. The molecule has 11 heavy (non-hydrogen) atoms. The molecular formula is C7H5ClFNO. The fourth-order valence-corrected chi connectivity index (χ4v) is 0.902. The van der Waals surface area contributed by atoms with Crippen molar-refractivity contribution in [1.82, 2.24) is 0 Å². The van der Waals surface area contributed by atoms with Crippen molar-refractivity contribution in [2.24, 2.45) is 5.18 Å². The molecule has 2 nitrogen and oxygen atoms in total. The van der Waals surface area contributed by atoms with E-state index in [1.807, 2.05) is 0 Å². The van der Waals surface area contributed by atoms with Crippen molar-refractivity contribution in [3.8, 4) is 0 Å². The molecule has 0 bridgehead atoms. The molecule has 1 unspecified atom stereocenters. The van der Waals surface area contributed by atoms with E-state index in [-0.39, 0.29) is 5.56 Å². The van der Waals surface area contributed by atoms with Gasteiger partial charge in [0.15, 0.2) is 5.50 Å². The molecule has 0 aromatic heterocycles. The Morgan fingerprint density at radius 3 is 2.64 bits per heavy atom. The lowest BCUT2D eigenvalue weighted by Gasteiger charge is -2.00. The largest absolute Gasteiger partial charge is 0.207 e. The van der Waals surface area contributed by atoms with Crippen molar-refractivity contribution < 1.29 is 4.39 Å². The molecule has 0 fully saturated rings. The van der Waals surface area contributed by atoms with Crippen LogP contribution in [0.4, 0.5) is 4.39 Å². The molecule has 0 saturated carbocycles. The number of nitroso groups, excluding NO2 is 1. The molecule has 0 saturated heterocycles. The fourth-order valence-electron chi connectivity index (χ4n) is 0.725. The van der Waals surface area contributed by atoms with Crippen molar-refractivity contribution in [1.29, 1.82) is 0 Å². The standard InChI is InChI=1S/C7H5ClFNO/c8-7(10-11)5-3-1-2-4-6(5)9/h1-4,7H. The third-order valence-corrected chi connectivity index (χ3v) is 1.57. The van der Waals surface area contributed by atoms with Crippen LogP contribution in [0.2, 0.25) is 0 Å². The Morgan fingerprint density at radius 2 is 2.09 bits per heavy atom. The molecule has 0 amide bonds. The van der Waals surface area contributed by atoms with Crippen LogP contribution in [-0.4, -0.2) is 0 Å². The summed E-state index contributed by atoms with van der Waals surface area (Å²) in [7, 11) is 0. The van der Waals surface area contributed by atoms with Gasteiger partial charge in [0, 0.05) is 5.56 Å². The fraction of sp³-hybridized carbons (Fsp3) is 0.143. The minimum Gasteiger partial charge on any atom is -0.207 e. The lowest BCUT2D eigenvalue weighted by molar-refractivity contribution is 0.608. The molecule has 0 aliphatic carbocycles. The summed E-state index contributed by atoms with van der Waals surface area (Å²) >= 11 is 5.38. The monoisotopic (exact) mass is 173 g/mol. The second kappa shape index (κ2) is 3.44. The predicted octanol–water partition coefficient (Wildman–Crippen LogP) is 2.83. The molecule has 0 N–H and O–H groups in total. The lowest BCUT2D eigenvalue weighted by Crippen LogP contribution is -1.89. The first kappa shape index (κ1) is 8.14. The highest BCUT2D eigenvalue weighted by molar-refractivity contribution is 6.20. The summed E-state index contributed by atoms with van der Waals surface area (Å²) in [6.07, 6.45) is 0. The maximum atomic E-state index is 12.7. The number of alkyl halides is 1. The van der Waals surface area contributed by atoms with Crippen LogP contribution in [0.5, 0.6) is 0 Å². The maximum Gasteiger partial charge on any atom is 0.193 e. The minimum atomic E-state index is -1.13. The van der Waals surface area contributed by atoms with Crippen molar-refractivity contribution in [2.75, 3.05) is 0 Å². The van der Waals surface area contributed by atoms with Gasteiger partial charge in [0.25, 0.3) is 0 Å². The molecule has 0 radical (unpaired) electrons. The van der Waals surface area contributed by atoms with Gasteiger partial charge < -0.3 is 0 Å². The zero-order valence-electron chi connectivity index (χ0n) is 5.50. The number of rotatable bonds is 2. The second-order valence-corrected chi connectivity index (χ2v) is 2.38. The van der Waals surface area contributed by atoms with Crippen LogP contribution in [0.25, 0.3) is 0 Å². The Balaban J connectivity index is 3.02. The van der Waals surface area contributed by atoms with Crippen molar-refractivity contribution in [3.63, 3.8) is 0 Å². The Bertz CT molecular complexity index is 266. The Kier molecular flexibility index (Phi) is 2.54. The first-order valence-electron chi connectivity index (χ1n) is 2.96. The van der Waals surface area contributed by atoms with Crippen molar-refractivity contribution in [2.45, 2.75) is 5.50 Å². The van der Waals surface area contributed by atoms with E-state index in [1.165, 1.54) is 18.2 Å². The van der Waals surface area contributed by atoms with E-state index in [2.05, 4.69) is 5.18 Å². The van der Waals surface area contributed by atoms with Crippen LogP contribution in [0.1, 0.15) is 11.1 Å². The molecule has 4 heteroatoms. The first-order valence-corrected chi connectivity index (χ1v) is 3.40. The van der Waals surface area contributed by atoms with Gasteiger partial charge in [-0.1, -0.05) is 29.8 Å². The molecule has 0 aliphatic heterocycles. The number of benzene rings is 1. The third-order valence-electron chi connectivity index (χ3n) is 1.25. The number of halogens is 2. The maximum absolute atomic E-state index is 12.7. The highest BCUT2D eigenvalue weighted by Gasteiger charge is 2.10. The van der Waals surface area contributed by atoms with Gasteiger partial charge >= 0.3 is 0 Å². The van der Waals surface area contributed by atoms with Gasteiger partial charge in [-0.2, -0.15) is 0 Å². The van der Waals surface area contributed by atoms with E-state index in [0.717, 1.165) is 0 Å². The summed E-state index contributed by atoms with van der Waals surface area (Å²) < 4.78 is 12.7. The van der Waals surface area contributed by atoms with Crippen LogP contribution in [0, 0.1) is 10.7 Å². The SMILES string of the molecule is O=NC(Cl)c1ccccc1F. The van der Waals surface area contributed by atoms with Gasteiger partial charge in [0.1, 0.15) is 5.82 Å². The zero-order valence-corrected chi connectivity index (χ0v) is 6.25. The van der Waals surface area contributed by atoms with Crippen LogP contribution in [0.15, 0.2) is 29.4 Å². The number of hydrogen-bond donors (Lipinski definition) is 0. The predicted molar refractivity (Wildman–Crippen MR) is 40.8 cm³/mol. The summed E-state index contributed by atoms with van der Waals surface area (Å²) in [5.74, 6) is -0.507. The molecule has 1 aromatic rings. The molecule has 1 aromatic carbocycles. The van der Waals surface area contributed by atoms with Crippen LogP contribution in [-0.2, 0) is 0 Å². The van der Waals surface area contributed by atoms with Crippen LogP contribution in [0.3, 0.4) is 0 Å². The van der Waals surface area contributed by atoms with Gasteiger partial charge in [0.2, 0.25) is 0 Å². The van der Waals surface area contributed by atoms with E-state index >= 15 is 0 Å². The Hall–Kier alpha value is -0.960. The van der Waals surface area contributed by atoms with Gasteiger partial charge in [-0.15, -0.1) is 4.91 Å². The number of nitrogens with zero attached hydrogens (tertiary/aromatic N) is 1. The average molecular weight is 174 g/mol. The second-order valence-electron chi connectivity index (χ2n) is 1.96. The van der Waals surface area contributed by atoms with E-state index in [1.54, 1.807) is 6.07 Å². The number of hydrogen-bond acceptors (Lipinski definition) is 2. The minimum absolute atomic E-state index is 0.115. The molecule has 1 rings (SSSR count). The molecular weight excluding hydrogens is 169 g/mol. The third kappa shape index (κ3) is 1.74. The van der Waals surface area contributed by atoms with Crippen LogP contribution < -0.4 is 0 Å². The summed E-state index contributed by atoms with van der Waals surface area (Å²) in [5, 5.41) is 2.49. The summed E-state index contributed by atoms with van der Waals surface area (Å²) in [6, 6.07) is 5.77. The van der Waals surface area contributed by atoms with Gasteiger partial charge in [-0.3, -0.25) is 0 Å². The molecule has 0 aliphatic rings. The lowest BCUT2D eigenvalue weighted by atomic mass is 10.2. The quantitative estimate of drug-likeness (QED) is 0.384. The van der Waals surface area contributed by atoms with Gasteiger partial charge in [-0.25, -0.2) is 4.39 Å². The average Bonchev–Trinajstić information content (AvgIpc) is 2.04. The van der Waals surface area contributed by atoms with E-state index in [0.29, 0.717) is 0 Å². The summed E-state index contributed by atoms with van der Waals surface area (Å²) in [6.45, 7) is 0. The molecule has 0 heterocycles. The highest BCUT2D eigenvalue weighted by Crippen LogP contribution is 2.23. The van der Waals surface area contributed by atoms with Gasteiger partial charge in [-0.05, 0) is 11.2 Å². The van der Waals surface area contributed by atoms with Crippen molar-refractivity contribution >= 4 is 11.6 Å². The highest BCUT2D eigenvalue weighted by atomic mass is 35.5. The van der Waals surface area contributed by atoms with E-state index < -0.39 is 11.3 Å². The molecule has 0 spiro atoms. The zero-order chi connectivity index (χ0) is 8.27. The first-order chi connectivity index (χ1) is 5.25. The normalized spacial score (nSPS) is 12.5. The van der Waals surface area contributed by atoms with Crippen molar-refractivity contribution in [3.05, 3.63) is 40.6 Å². The van der Waals surface area contributed by atoms with E-state index in [4.69, 9.17) is 11.6 Å². The molecule has 58 valence electrons. The summed E-state index contributed by atoms with van der Waals surface area (Å²) in [5.41, 5.74) is -1.01. The van der Waals surface area contributed by atoms with E-state index in [9.17, 15) is 9.30 Å². The van der Waals surface area contributed by atoms with Gasteiger partial charge in [0.05, 0.1) is 0 Å². The van der Waals surface area contributed by atoms with Crippen LogP contribution >= 0.6 is 11.6 Å². The summed E-state index contributed by atoms with van der Waals surface area (Å²) in [4.78, 5) is 9.91. The topological polar surface area (TPSA) is 29.4 Å². The Morgan fingerprint density at radius 1 is 1.45 bits per heavy atom. The molecule has 1 atom stereocenters.